The van der Waals surface area contributed by atoms with Gasteiger partial charge in [0.2, 0.25) is 0 Å². The minimum atomic E-state index is 0.615. The zero-order chi connectivity index (χ0) is 18.1. The number of anilines is 3. The van der Waals surface area contributed by atoms with Gasteiger partial charge in [0.1, 0.15) is 13.2 Å². The van der Waals surface area contributed by atoms with Gasteiger partial charge in [0.15, 0.2) is 11.5 Å². The molecule has 2 N–H and O–H groups in total. The van der Waals surface area contributed by atoms with Gasteiger partial charge in [-0.2, -0.15) is 0 Å². The van der Waals surface area contributed by atoms with E-state index in [0.717, 1.165) is 36.6 Å². The first-order valence-corrected chi connectivity index (χ1v) is 9.45. The van der Waals surface area contributed by atoms with Crippen molar-refractivity contribution in [3.8, 4) is 11.5 Å². The average Bonchev–Trinajstić information content (AvgIpc) is 2.91. The maximum absolute atomic E-state index is 5.67. The molecule has 4 nitrogen and oxygen atoms in total. The smallest absolute Gasteiger partial charge is 0.161 e. The molecule has 0 amide bonds. The molecule has 0 spiro atoms. The normalized spacial score (nSPS) is 14.4. The number of hydrogen-bond donors (Lipinski definition) is 2. The molecule has 0 saturated heterocycles. The SMILES string of the molecule is c1ccc2c(c1)CCc1cc(NCc3ccc4c(c3)OCCO4)ccc1N2. The molecule has 3 aromatic carbocycles. The molecule has 0 aromatic heterocycles. The summed E-state index contributed by atoms with van der Waals surface area (Å²) >= 11 is 0. The predicted molar refractivity (Wildman–Crippen MR) is 108 cm³/mol. The summed E-state index contributed by atoms with van der Waals surface area (Å²) < 4.78 is 11.3. The van der Waals surface area contributed by atoms with Gasteiger partial charge in [0.05, 0.1) is 0 Å². The molecule has 0 unspecified atom stereocenters. The minimum Gasteiger partial charge on any atom is -0.486 e. The quantitative estimate of drug-likeness (QED) is 0.698. The Kier molecular flexibility index (Phi) is 4.09. The first-order chi connectivity index (χ1) is 13.3. The van der Waals surface area contributed by atoms with Crippen LogP contribution in [0.25, 0.3) is 0 Å². The van der Waals surface area contributed by atoms with Gasteiger partial charge in [-0.15, -0.1) is 0 Å². The van der Waals surface area contributed by atoms with E-state index in [0.29, 0.717) is 13.2 Å². The van der Waals surface area contributed by atoms with E-state index < -0.39 is 0 Å². The van der Waals surface area contributed by atoms with Crippen molar-refractivity contribution in [1.82, 2.24) is 0 Å². The van der Waals surface area contributed by atoms with E-state index in [1.165, 1.54) is 28.1 Å². The average molecular weight is 358 g/mol. The zero-order valence-electron chi connectivity index (χ0n) is 15.1. The molecule has 27 heavy (non-hydrogen) atoms. The fourth-order valence-corrected chi connectivity index (χ4v) is 3.71. The van der Waals surface area contributed by atoms with Crippen molar-refractivity contribution in [2.45, 2.75) is 19.4 Å². The number of rotatable bonds is 3. The lowest BCUT2D eigenvalue weighted by Crippen LogP contribution is -2.15. The van der Waals surface area contributed by atoms with Crippen LogP contribution in [0.2, 0.25) is 0 Å². The third-order valence-corrected chi connectivity index (χ3v) is 5.16. The van der Waals surface area contributed by atoms with Crippen molar-refractivity contribution in [3.63, 3.8) is 0 Å². The summed E-state index contributed by atoms with van der Waals surface area (Å²) in [5.41, 5.74) is 7.45. The molecule has 4 heteroatoms. The molecule has 2 aliphatic rings. The Bertz CT molecular complexity index is 984. The third-order valence-electron chi connectivity index (χ3n) is 5.16. The summed E-state index contributed by atoms with van der Waals surface area (Å²) in [6.07, 6.45) is 2.10. The summed E-state index contributed by atoms with van der Waals surface area (Å²) in [6, 6.07) is 21.2. The monoisotopic (exact) mass is 358 g/mol. The van der Waals surface area contributed by atoms with Gasteiger partial charge in [-0.1, -0.05) is 24.3 Å². The topological polar surface area (TPSA) is 42.5 Å². The van der Waals surface area contributed by atoms with Crippen molar-refractivity contribution in [3.05, 3.63) is 77.4 Å². The van der Waals surface area contributed by atoms with E-state index in [9.17, 15) is 0 Å². The van der Waals surface area contributed by atoms with Gasteiger partial charge in [-0.05, 0) is 65.9 Å². The molecule has 0 radical (unpaired) electrons. The fourth-order valence-electron chi connectivity index (χ4n) is 3.71. The maximum Gasteiger partial charge on any atom is 0.161 e. The van der Waals surface area contributed by atoms with E-state index in [1.54, 1.807) is 0 Å². The summed E-state index contributed by atoms with van der Waals surface area (Å²) in [5, 5.41) is 7.12. The first kappa shape index (κ1) is 16.1. The van der Waals surface area contributed by atoms with Crippen LogP contribution < -0.4 is 20.1 Å². The van der Waals surface area contributed by atoms with E-state index >= 15 is 0 Å². The van der Waals surface area contributed by atoms with Crippen LogP contribution in [0.3, 0.4) is 0 Å². The number of hydrogen-bond acceptors (Lipinski definition) is 4. The Morgan fingerprint density at radius 3 is 2.56 bits per heavy atom. The van der Waals surface area contributed by atoms with E-state index in [4.69, 9.17) is 9.47 Å². The van der Waals surface area contributed by atoms with Crippen molar-refractivity contribution in [2.75, 3.05) is 23.8 Å². The molecule has 3 aromatic rings. The lowest BCUT2D eigenvalue weighted by molar-refractivity contribution is 0.171. The third kappa shape index (κ3) is 3.31. The van der Waals surface area contributed by atoms with Crippen molar-refractivity contribution < 1.29 is 9.47 Å². The molecule has 0 fully saturated rings. The molecule has 0 atom stereocenters. The lowest BCUT2D eigenvalue weighted by atomic mass is 10.0. The molecule has 136 valence electrons. The van der Waals surface area contributed by atoms with Gasteiger partial charge < -0.3 is 20.1 Å². The Morgan fingerprint density at radius 2 is 1.59 bits per heavy atom. The van der Waals surface area contributed by atoms with Crippen LogP contribution in [0.4, 0.5) is 17.1 Å². The highest BCUT2D eigenvalue weighted by molar-refractivity contribution is 5.70. The Hall–Kier alpha value is -3.14. The second-order valence-corrected chi connectivity index (χ2v) is 6.99. The largest absolute Gasteiger partial charge is 0.486 e. The van der Waals surface area contributed by atoms with Gasteiger partial charge in [0.25, 0.3) is 0 Å². The van der Waals surface area contributed by atoms with Crippen LogP contribution in [0, 0.1) is 0 Å². The van der Waals surface area contributed by atoms with Crippen molar-refractivity contribution >= 4 is 17.1 Å². The number of ether oxygens (including phenoxy) is 2. The summed E-state index contributed by atoms with van der Waals surface area (Å²) in [7, 11) is 0. The number of benzene rings is 3. The van der Waals surface area contributed by atoms with Gasteiger partial charge in [0, 0.05) is 23.6 Å². The molecular formula is C23H22N2O2. The Morgan fingerprint density at radius 1 is 0.778 bits per heavy atom. The molecule has 2 aliphatic heterocycles. The first-order valence-electron chi connectivity index (χ1n) is 9.45. The zero-order valence-corrected chi connectivity index (χ0v) is 15.1. The summed E-state index contributed by atoms with van der Waals surface area (Å²) in [4.78, 5) is 0. The number of para-hydroxylation sites is 1. The van der Waals surface area contributed by atoms with Crippen LogP contribution in [-0.2, 0) is 19.4 Å². The van der Waals surface area contributed by atoms with Crippen molar-refractivity contribution in [2.24, 2.45) is 0 Å². The number of fused-ring (bicyclic) bond motifs is 3. The Balaban J connectivity index is 1.31. The van der Waals surface area contributed by atoms with Gasteiger partial charge >= 0.3 is 0 Å². The molecular weight excluding hydrogens is 336 g/mol. The number of nitrogens with one attached hydrogen (secondary N) is 2. The van der Waals surface area contributed by atoms with Crippen LogP contribution in [0.15, 0.2) is 60.7 Å². The Labute approximate surface area is 159 Å². The van der Waals surface area contributed by atoms with Crippen molar-refractivity contribution in [1.29, 1.82) is 0 Å². The van der Waals surface area contributed by atoms with E-state index in [-0.39, 0.29) is 0 Å². The highest BCUT2D eigenvalue weighted by Gasteiger charge is 2.14. The van der Waals surface area contributed by atoms with Gasteiger partial charge in [-0.25, -0.2) is 0 Å². The molecule has 5 rings (SSSR count). The minimum absolute atomic E-state index is 0.615. The predicted octanol–water partition coefficient (Wildman–Crippen LogP) is 4.91. The highest BCUT2D eigenvalue weighted by Crippen LogP contribution is 2.33. The van der Waals surface area contributed by atoms with Gasteiger partial charge in [-0.3, -0.25) is 0 Å². The van der Waals surface area contributed by atoms with Crippen LogP contribution in [0.5, 0.6) is 11.5 Å². The van der Waals surface area contributed by atoms with E-state index in [2.05, 4.69) is 65.2 Å². The second kappa shape index (κ2) is 6.88. The maximum atomic E-state index is 5.67. The van der Waals surface area contributed by atoms with Crippen LogP contribution in [0.1, 0.15) is 16.7 Å². The molecule has 0 bridgehead atoms. The molecule has 0 saturated carbocycles. The second-order valence-electron chi connectivity index (χ2n) is 6.99. The standard InChI is InChI=1S/C23H22N2O2/c1-2-4-20-17(3-1)6-7-18-14-19(8-9-21(18)25-20)24-15-16-5-10-22-23(13-16)27-12-11-26-22/h1-5,8-10,13-14,24-25H,6-7,11-12,15H2. The molecule has 0 aliphatic carbocycles. The summed E-state index contributed by atoms with van der Waals surface area (Å²) in [5.74, 6) is 1.67. The van der Waals surface area contributed by atoms with Crippen LogP contribution in [-0.4, -0.2) is 13.2 Å². The summed E-state index contributed by atoms with van der Waals surface area (Å²) in [6.45, 7) is 1.99. The highest BCUT2D eigenvalue weighted by atomic mass is 16.6. The number of aryl methyl sites for hydroxylation is 2. The fraction of sp³-hybridized carbons (Fsp3) is 0.217. The van der Waals surface area contributed by atoms with Crippen LogP contribution >= 0.6 is 0 Å². The lowest BCUT2D eigenvalue weighted by Gasteiger charge is -2.19. The molecule has 2 heterocycles. The van der Waals surface area contributed by atoms with E-state index in [1.807, 2.05) is 6.07 Å².